The Labute approximate surface area is 204 Å². The van der Waals surface area contributed by atoms with Crippen molar-refractivity contribution in [3.05, 3.63) is 94.8 Å². The van der Waals surface area contributed by atoms with Gasteiger partial charge in [0.15, 0.2) is 11.5 Å². The zero-order valence-electron chi connectivity index (χ0n) is 18.9. The highest BCUT2D eigenvalue weighted by Crippen LogP contribution is 2.31. The number of hydrogen-bond donors (Lipinski definition) is 2. The average molecular weight is 490 g/mol. The summed E-state index contributed by atoms with van der Waals surface area (Å²) in [6, 6.07) is 15.0. The molecule has 1 saturated heterocycles. The molecule has 0 spiro atoms. The number of methoxy groups -OCH3 is 1. The number of barbiturate groups is 1. The number of benzene rings is 3. The number of carbonyl (C=O) groups excluding carboxylic acids is 3. The Morgan fingerprint density at radius 3 is 2.42 bits per heavy atom. The molecule has 0 aliphatic carbocycles. The van der Waals surface area contributed by atoms with Crippen molar-refractivity contribution in [3.63, 3.8) is 0 Å². The van der Waals surface area contributed by atoms with Crippen molar-refractivity contribution >= 4 is 35.6 Å². The lowest BCUT2D eigenvalue weighted by molar-refractivity contribution is -0.122. The summed E-state index contributed by atoms with van der Waals surface area (Å²) >= 11 is 0. The standard InChI is InChI=1S/C26H19FN2O7/c1-35-22-13-16(8-11-21(22)36-14-15-6-9-17(10-7-15)25(32)33)12-18-23(30)28-26(34)29(24(18)31)20-5-3-2-4-19(20)27/h2-13H,14H2,1H3,(H,32,33)(H,28,30,34)/b18-12+. The predicted octanol–water partition coefficient (Wildman–Crippen LogP) is 3.78. The lowest BCUT2D eigenvalue weighted by atomic mass is 10.1. The molecular formula is C26H19FN2O7. The Balaban J connectivity index is 1.57. The predicted molar refractivity (Wildman–Crippen MR) is 126 cm³/mol. The Morgan fingerprint density at radius 2 is 1.75 bits per heavy atom. The molecule has 0 aromatic heterocycles. The highest BCUT2D eigenvalue weighted by Gasteiger charge is 2.38. The summed E-state index contributed by atoms with van der Waals surface area (Å²) < 4.78 is 25.4. The van der Waals surface area contributed by atoms with E-state index in [0.717, 1.165) is 11.6 Å². The van der Waals surface area contributed by atoms with Crippen LogP contribution in [0.25, 0.3) is 6.08 Å². The number of ether oxygens (including phenoxy) is 2. The van der Waals surface area contributed by atoms with Gasteiger partial charge in [-0.1, -0.05) is 30.3 Å². The van der Waals surface area contributed by atoms with Crippen molar-refractivity contribution < 1.29 is 38.1 Å². The first-order chi connectivity index (χ1) is 17.3. The molecule has 2 N–H and O–H groups in total. The molecule has 3 aromatic carbocycles. The zero-order chi connectivity index (χ0) is 25.8. The van der Waals surface area contributed by atoms with Gasteiger partial charge in [-0.2, -0.15) is 0 Å². The first-order valence-electron chi connectivity index (χ1n) is 10.6. The fourth-order valence-electron chi connectivity index (χ4n) is 3.47. The van der Waals surface area contributed by atoms with E-state index in [9.17, 15) is 23.6 Å². The van der Waals surface area contributed by atoms with Crippen molar-refractivity contribution in [1.29, 1.82) is 0 Å². The second kappa shape index (κ2) is 10.1. The molecule has 1 aliphatic heterocycles. The quantitative estimate of drug-likeness (QED) is 0.382. The number of carbonyl (C=O) groups is 4. The number of imide groups is 2. The maximum Gasteiger partial charge on any atom is 0.336 e. The van der Waals surface area contributed by atoms with Gasteiger partial charge in [0, 0.05) is 0 Å². The van der Waals surface area contributed by atoms with E-state index in [0.29, 0.717) is 22.0 Å². The maximum absolute atomic E-state index is 14.2. The van der Waals surface area contributed by atoms with E-state index < -0.39 is 29.6 Å². The molecule has 9 nitrogen and oxygen atoms in total. The van der Waals surface area contributed by atoms with Crippen LogP contribution < -0.4 is 19.7 Å². The lowest BCUT2D eigenvalue weighted by Gasteiger charge is -2.26. The minimum absolute atomic E-state index is 0.136. The summed E-state index contributed by atoms with van der Waals surface area (Å²) in [6.45, 7) is 0.136. The third-order valence-electron chi connectivity index (χ3n) is 5.29. The first-order valence-corrected chi connectivity index (χ1v) is 10.6. The number of carboxylic acids is 1. The number of halogens is 1. The number of aromatic carboxylic acids is 1. The second-order valence-electron chi connectivity index (χ2n) is 7.61. The maximum atomic E-state index is 14.2. The van der Waals surface area contributed by atoms with Gasteiger partial charge < -0.3 is 14.6 Å². The van der Waals surface area contributed by atoms with Crippen LogP contribution in [0.15, 0.2) is 72.3 Å². The van der Waals surface area contributed by atoms with Gasteiger partial charge in [0.2, 0.25) is 0 Å². The van der Waals surface area contributed by atoms with E-state index >= 15 is 0 Å². The van der Waals surface area contributed by atoms with Gasteiger partial charge in [0.1, 0.15) is 18.0 Å². The average Bonchev–Trinajstić information content (AvgIpc) is 2.86. The summed E-state index contributed by atoms with van der Waals surface area (Å²) in [5.41, 5.74) is 0.635. The minimum atomic E-state index is -1.05. The molecule has 4 rings (SSSR count). The molecule has 10 heteroatoms. The number of anilines is 1. The Kier molecular flexibility index (Phi) is 6.77. The number of nitrogens with zero attached hydrogens (tertiary/aromatic N) is 1. The van der Waals surface area contributed by atoms with Gasteiger partial charge in [0.05, 0.1) is 18.4 Å². The molecule has 0 unspecified atom stereocenters. The van der Waals surface area contributed by atoms with Crippen LogP contribution in [-0.2, 0) is 16.2 Å². The molecule has 182 valence electrons. The molecule has 36 heavy (non-hydrogen) atoms. The van der Waals surface area contributed by atoms with Crippen LogP contribution in [0.1, 0.15) is 21.5 Å². The molecule has 1 fully saturated rings. The Morgan fingerprint density at radius 1 is 1.03 bits per heavy atom. The topological polar surface area (TPSA) is 122 Å². The highest BCUT2D eigenvalue weighted by molar-refractivity contribution is 6.39. The van der Waals surface area contributed by atoms with Gasteiger partial charge in [-0.25, -0.2) is 18.9 Å². The molecule has 1 heterocycles. The van der Waals surface area contributed by atoms with E-state index in [2.05, 4.69) is 0 Å². The summed E-state index contributed by atoms with van der Waals surface area (Å²) in [5, 5.41) is 11.0. The van der Waals surface area contributed by atoms with Crippen LogP contribution in [0.5, 0.6) is 11.5 Å². The van der Waals surface area contributed by atoms with Crippen molar-refractivity contribution in [2.24, 2.45) is 0 Å². The van der Waals surface area contributed by atoms with E-state index in [1.807, 2.05) is 5.32 Å². The van der Waals surface area contributed by atoms with Crippen LogP contribution in [-0.4, -0.2) is 36.0 Å². The van der Waals surface area contributed by atoms with Crippen LogP contribution in [0.2, 0.25) is 0 Å². The van der Waals surface area contributed by atoms with Crippen LogP contribution >= 0.6 is 0 Å². The Bertz CT molecular complexity index is 1400. The van der Waals surface area contributed by atoms with E-state index in [4.69, 9.17) is 14.6 Å². The van der Waals surface area contributed by atoms with E-state index in [-0.39, 0.29) is 23.4 Å². The summed E-state index contributed by atoms with van der Waals surface area (Å²) in [6.07, 6.45) is 1.26. The number of rotatable bonds is 7. The number of amides is 4. The second-order valence-corrected chi connectivity index (χ2v) is 7.61. The van der Waals surface area contributed by atoms with Crippen molar-refractivity contribution in [1.82, 2.24) is 5.32 Å². The monoisotopic (exact) mass is 490 g/mol. The van der Waals surface area contributed by atoms with Crippen LogP contribution in [0.4, 0.5) is 14.9 Å². The van der Waals surface area contributed by atoms with Crippen LogP contribution in [0.3, 0.4) is 0 Å². The fraction of sp³-hybridized carbons (Fsp3) is 0.0769. The highest BCUT2D eigenvalue weighted by atomic mass is 19.1. The van der Waals surface area contributed by atoms with Gasteiger partial charge in [-0.15, -0.1) is 0 Å². The number of para-hydroxylation sites is 1. The van der Waals surface area contributed by atoms with Gasteiger partial charge in [-0.3, -0.25) is 14.9 Å². The molecule has 4 amide bonds. The summed E-state index contributed by atoms with van der Waals surface area (Å²) in [7, 11) is 1.41. The summed E-state index contributed by atoms with van der Waals surface area (Å²) in [4.78, 5) is 49.2. The molecule has 0 saturated carbocycles. The SMILES string of the molecule is COc1cc(/C=C2\C(=O)NC(=O)N(c3ccccc3F)C2=O)ccc1OCc1ccc(C(=O)O)cc1. The van der Waals surface area contributed by atoms with E-state index in [1.54, 1.807) is 24.3 Å². The third kappa shape index (κ3) is 4.92. The number of hydrogen-bond acceptors (Lipinski definition) is 6. The van der Waals surface area contributed by atoms with Gasteiger partial charge in [0.25, 0.3) is 11.8 Å². The Hall–Kier alpha value is -4.99. The largest absolute Gasteiger partial charge is 0.493 e. The third-order valence-corrected chi connectivity index (χ3v) is 5.29. The van der Waals surface area contributed by atoms with Gasteiger partial charge in [-0.05, 0) is 53.6 Å². The van der Waals surface area contributed by atoms with Crippen molar-refractivity contribution in [2.45, 2.75) is 6.61 Å². The van der Waals surface area contributed by atoms with Crippen molar-refractivity contribution in [3.8, 4) is 11.5 Å². The normalized spacial score (nSPS) is 14.6. The molecular weight excluding hydrogens is 471 g/mol. The van der Waals surface area contributed by atoms with Gasteiger partial charge >= 0.3 is 12.0 Å². The number of urea groups is 1. The minimum Gasteiger partial charge on any atom is -0.493 e. The zero-order valence-corrected chi connectivity index (χ0v) is 18.9. The molecule has 3 aromatic rings. The molecule has 0 atom stereocenters. The summed E-state index contributed by atoms with van der Waals surface area (Å²) in [5.74, 6) is -3.04. The number of carboxylic acid groups (broad SMARTS) is 1. The van der Waals surface area contributed by atoms with Crippen LogP contribution in [0, 0.1) is 5.82 Å². The molecule has 0 bridgehead atoms. The fourth-order valence-corrected chi connectivity index (χ4v) is 3.47. The molecule has 0 radical (unpaired) electrons. The lowest BCUT2D eigenvalue weighted by Crippen LogP contribution is -2.54. The smallest absolute Gasteiger partial charge is 0.336 e. The van der Waals surface area contributed by atoms with Crippen molar-refractivity contribution in [2.75, 3.05) is 12.0 Å². The molecule has 1 aliphatic rings. The first kappa shape index (κ1) is 24.1. The number of nitrogens with one attached hydrogen (secondary N) is 1. The van der Waals surface area contributed by atoms with E-state index in [1.165, 1.54) is 49.6 Å².